The molecule has 0 spiro atoms. The van der Waals surface area contributed by atoms with E-state index in [1.54, 1.807) is 12.2 Å². The summed E-state index contributed by atoms with van der Waals surface area (Å²) in [4.78, 5) is 13.6. The van der Waals surface area contributed by atoms with Gasteiger partial charge in [0, 0.05) is 19.4 Å². The summed E-state index contributed by atoms with van der Waals surface area (Å²) in [7, 11) is 3.47. The number of ketones is 1. The van der Waals surface area contributed by atoms with Gasteiger partial charge in [-0.15, -0.1) is 0 Å². The number of methoxy groups -OCH3 is 1. The van der Waals surface area contributed by atoms with E-state index < -0.39 is 0 Å². The molecule has 1 aliphatic carbocycles. The zero-order valence-corrected chi connectivity index (χ0v) is 12.3. The SMILES string of the molecule is COC1=CC(=CC=C2C=CN(C)C=C2)C=C(Br)C1=O. The molecule has 0 unspecified atom stereocenters. The smallest absolute Gasteiger partial charge is 0.234 e. The Morgan fingerprint density at radius 1 is 1.16 bits per heavy atom. The zero-order chi connectivity index (χ0) is 13.8. The predicted octanol–water partition coefficient (Wildman–Crippen LogP) is 3.20. The second kappa shape index (κ2) is 5.89. The molecule has 1 aliphatic heterocycles. The number of nitrogens with zero attached hydrogens (tertiary/aromatic N) is 1. The molecular formula is C15H14BrNO2. The Labute approximate surface area is 121 Å². The van der Waals surface area contributed by atoms with Crippen molar-refractivity contribution in [3.05, 3.63) is 70.2 Å². The van der Waals surface area contributed by atoms with E-state index in [0.29, 0.717) is 10.2 Å². The topological polar surface area (TPSA) is 29.5 Å². The number of carbonyl (C=O) groups excluding carboxylic acids is 1. The Morgan fingerprint density at radius 3 is 2.42 bits per heavy atom. The van der Waals surface area contributed by atoms with Gasteiger partial charge in [0.05, 0.1) is 11.6 Å². The summed E-state index contributed by atoms with van der Waals surface area (Å²) in [6.07, 6.45) is 15.5. The fourth-order valence-electron chi connectivity index (χ4n) is 1.65. The maximum absolute atomic E-state index is 11.7. The molecule has 0 fully saturated rings. The highest BCUT2D eigenvalue weighted by atomic mass is 79.9. The normalized spacial score (nSPS) is 20.6. The van der Waals surface area contributed by atoms with Gasteiger partial charge < -0.3 is 9.64 Å². The second-order valence-electron chi connectivity index (χ2n) is 4.16. The molecule has 1 heterocycles. The van der Waals surface area contributed by atoms with E-state index in [1.807, 2.05) is 48.7 Å². The highest BCUT2D eigenvalue weighted by Crippen LogP contribution is 2.23. The Hall–Kier alpha value is -1.81. The fraction of sp³-hybridized carbons (Fsp3) is 0.133. The molecule has 98 valence electrons. The Bertz CT molecular complexity index is 561. The van der Waals surface area contributed by atoms with Gasteiger partial charge in [0.15, 0.2) is 5.76 Å². The van der Waals surface area contributed by atoms with Crippen molar-refractivity contribution in [1.29, 1.82) is 0 Å². The van der Waals surface area contributed by atoms with E-state index in [1.165, 1.54) is 7.11 Å². The van der Waals surface area contributed by atoms with Gasteiger partial charge in [0.2, 0.25) is 5.78 Å². The molecule has 0 N–H and O–H groups in total. The zero-order valence-electron chi connectivity index (χ0n) is 10.8. The van der Waals surface area contributed by atoms with Crippen LogP contribution in [-0.4, -0.2) is 24.8 Å². The van der Waals surface area contributed by atoms with Gasteiger partial charge in [-0.25, -0.2) is 0 Å². The van der Waals surface area contributed by atoms with Crippen LogP contribution in [0.4, 0.5) is 0 Å². The van der Waals surface area contributed by atoms with Gasteiger partial charge in [-0.2, -0.15) is 0 Å². The monoisotopic (exact) mass is 319 g/mol. The lowest BCUT2D eigenvalue weighted by Crippen LogP contribution is -2.08. The molecule has 0 saturated heterocycles. The maximum atomic E-state index is 11.7. The van der Waals surface area contributed by atoms with Crippen molar-refractivity contribution >= 4 is 21.7 Å². The molecule has 19 heavy (non-hydrogen) atoms. The minimum atomic E-state index is -0.133. The average Bonchev–Trinajstić information content (AvgIpc) is 2.41. The van der Waals surface area contributed by atoms with Crippen LogP contribution in [0.5, 0.6) is 0 Å². The van der Waals surface area contributed by atoms with Crippen molar-refractivity contribution in [1.82, 2.24) is 4.90 Å². The highest BCUT2D eigenvalue weighted by molar-refractivity contribution is 9.12. The summed E-state index contributed by atoms with van der Waals surface area (Å²) in [5, 5.41) is 0. The highest BCUT2D eigenvalue weighted by Gasteiger charge is 2.18. The van der Waals surface area contributed by atoms with E-state index in [4.69, 9.17) is 4.74 Å². The van der Waals surface area contributed by atoms with Crippen LogP contribution in [0.15, 0.2) is 70.2 Å². The molecule has 0 atom stereocenters. The molecule has 0 radical (unpaired) electrons. The second-order valence-corrected chi connectivity index (χ2v) is 5.02. The van der Waals surface area contributed by atoms with Crippen molar-refractivity contribution in [3.8, 4) is 0 Å². The molecule has 2 aliphatic rings. The molecule has 0 aromatic rings. The van der Waals surface area contributed by atoms with Gasteiger partial charge in [0.1, 0.15) is 0 Å². The van der Waals surface area contributed by atoms with Crippen molar-refractivity contribution in [3.63, 3.8) is 0 Å². The first-order chi connectivity index (χ1) is 9.10. The van der Waals surface area contributed by atoms with Crippen LogP contribution < -0.4 is 0 Å². The lowest BCUT2D eigenvalue weighted by atomic mass is 10.1. The summed E-state index contributed by atoms with van der Waals surface area (Å²) in [5.74, 6) is 0.208. The third kappa shape index (κ3) is 3.35. The van der Waals surface area contributed by atoms with Crippen molar-refractivity contribution in [2.45, 2.75) is 0 Å². The lowest BCUT2D eigenvalue weighted by Gasteiger charge is -2.12. The Kier molecular flexibility index (Phi) is 4.22. The molecule has 0 aromatic carbocycles. The first kappa shape index (κ1) is 13.6. The number of rotatable bonds is 2. The van der Waals surface area contributed by atoms with Gasteiger partial charge in [0.25, 0.3) is 0 Å². The maximum Gasteiger partial charge on any atom is 0.234 e. The van der Waals surface area contributed by atoms with Crippen molar-refractivity contribution in [2.24, 2.45) is 0 Å². The number of allylic oxidation sites excluding steroid dienone is 9. The first-order valence-corrected chi connectivity index (χ1v) is 6.57. The van der Waals surface area contributed by atoms with Gasteiger partial charge in [-0.1, -0.05) is 12.2 Å². The number of halogens is 1. The molecule has 0 amide bonds. The van der Waals surface area contributed by atoms with E-state index >= 15 is 0 Å². The average molecular weight is 320 g/mol. The quantitative estimate of drug-likeness (QED) is 0.782. The van der Waals surface area contributed by atoms with Gasteiger partial charge >= 0.3 is 0 Å². The summed E-state index contributed by atoms with van der Waals surface area (Å²) in [6, 6.07) is 0. The standard InChI is InChI=1S/C15H14BrNO2/c1-17-7-5-11(6-8-17)3-4-12-9-13(16)15(18)14(10-12)19-2/h3-10H,1-2H3. The van der Waals surface area contributed by atoms with Crippen LogP contribution in [0.3, 0.4) is 0 Å². The van der Waals surface area contributed by atoms with Crippen LogP contribution >= 0.6 is 15.9 Å². The number of hydrogen-bond acceptors (Lipinski definition) is 3. The molecule has 0 saturated carbocycles. The Morgan fingerprint density at radius 2 is 1.79 bits per heavy atom. The first-order valence-electron chi connectivity index (χ1n) is 5.78. The molecule has 0 aromatic heterocycles. The number of hydrogen-bond donors (Lipinski definition) is 0. The Balaban J connectivity index is 2.23. The van der Waals surface area contributed by atoms with E-state index in [2.05, 4.69) is 15.9 Å². The van der Waals surface area contributed by atoms with Crippen LogP contribution in [0.25, 0.3) is 0 Å². The number of carbonyl (C=O) groups is 1. The molecule has 2 rings (SSSR count). The van der Waals surface area contributed by atoms with E-state index in [-0.39, 0.29) is 5.78 Å². The summed E-state index contributed by atoms with van der Waals surface area (Å²) in [6.45, 7) is 0. The minimum absolute atomic E-state index is 0.133. The largest absolute Gasteiger partial charge is 0.493 e. The van der Waals surface area contributed by atoms with E-state index in [9.17, 15) is 4.79 Å². The number of ether oxygens (including phenoxy) is 1. The third-order valence-corrected chi connectivity index (χ3v) is 3.31. The van der Waals surface area contributed by atoms with Crippen LogP contribution in [0, 0.1) is 0 Å². The predicted molar refractivity (Wildman–Crippen MR) is 79.3 cm³/mol. The van der Waals surface area contributed by atoms with E-state index in [0.717, 1.165) is 11.1 Å². The van der Waals surface area contributed by atoms with Crippen molar-refractivity contribution in [2.75, 3.05) is 14.2 Å². The van der Waals surface area contributed by atoms with Gasteiger partial charge in [-0.3, -0.25) is 4.79 Å². The summed E-state index contributed by atoms with van der Waals surface area (Å²) in [5.41, 5.74) is 2.01. The summed E-state index contributed by atoms with van der Waals surface area (Å²) < 4.78 is 5.56. The van der Waals surface area contributed by atoms with Crippen molar-refractivity contribution < 1.29 is 9.53 Å². The van der Waals surface area contributed by atoms with Crippen LogP contribution in [0.2, 0.25) is 0 Å². The minimum Gasteiger partial charge on any atom is -0.493 e. The number of Topliss-reactive ketones (excluding diaryl/α,β-unsaturated/α-hetero) is 1. The third-order valence-electron chi connectivity index (χ3n) is 2.72. The molecule has 3 nitrogen and oxygen atoms in total. The van der Waals surface area contributed by atoms with Crippen LogP contribution in [-0.2, 0) is 9.53 Å². The fourth-order valence-corrected chi connectivity index (χ4v) is 2.11. The van der Waals surface area contributed by atoms with Gasteiger partial charge in [-0.05, 0) is 51.4 Å². The molecular weight excluding hydrogens is 306 g/mol. The lowest BCUT2D eigenvalue weighted by molar-refractivity contribution is -0.114. The molecule has 4 heteroatoms. The van der Waals surface area contributed by atoms with Crippen LogP contribution in [0.1, 0.15) is 0 Å². The summed E-state index contributed by atoms with van der Waals surface area (Å²) >= 11 is 3.24. The molecule has 0 bridgehead atoms.